The van der Waals surface area contributed by atoms with E-state index in [2.05, 4.69) is 39.8 Å². The predicted octanol–water partition coefficient (Wildman–Crippen LogP) is 8.56. The van der Waals surface area contributed by atoms with Crippen LogP contribution >= 0.6 is 7.60 Å². The number of aryl methyl sites for hydroxylation is 2. The number of benzene rings is 2. The molecule has 0 saturated heterocycles. The SMILES string of the molecule is CCCc1cccc(OP(=O)(CCC)Oc2cccc(CCC)c2CCC)c1CCC. The highest BCUT2D eigenvalue weighted by molar-refractivity contribution is 7.54. The minimum atomic E-state index is -3.34. The maximum atomic E-state index is 14.0. The van der Waals surface area contributed by atoms with Crippen LogP contribution in [0.3, 0.4) is 0 Å². The maximum absolute atomic E-state index is 14.0. The largest absolute Gasteiger partial charge is 0.430 e. The highest BCUT2D eigenvalue weighted by Gasteiger charge is 2.29. The van der Waals surface area contributed by atoms with Crippen molar-refractivity contribution in [1.29, 1.82) is 0 Å². The Labute approximate surface area is 190 Å². The van der Waals surface area contributed by atoms with Gasteiger partial charge in [0.1, 0.15) is 11.5 Å². The molecule has 172 valence electrons. The molecule has 4 heteroatoms. The number of hydrogen-bond acceptors (Lipinski definition) is 3. The Balaban J connectivity index is 2.43. The molecule has 2 aromatic carbocycles. The first kappa shape index (κ1) is 25.5. The van der Waals surface area contributed by atoms with Gasteiger partial charge in [0.15, 0.2) is 0 Å². The molecule has 0 fully saturated rings. The first-order valence-electron chi connectivity index (χ1n) is 12.2. The fourth-order valence-electron chi connectivity index (χ4n) is 4.15. The Bertz CT molecular complexity index is 794. The van der Waals surface area contributed by atoms with Crippen LogP contribution in [0.2, 0.25) is 0 Å². The van der Waals surface area contributed by atoms with Crippen LogP contribution in [0.4, 0.5) is 0 Å². The Hall–Kier alpha value is -1.73. The first-order chi connectivity index (χ1) is 15.0. The summed E-state index contributed by atoms with van der Waals surface area (Å²) >= 11 is 0. The van der Waals surface area contributed by atoms with Crippen LogP contribution < -0.4 is 9.05 Å². The van der Waals surface area contributed by atoms with Crippen molar-refractivity contribution in [2.75, 3.05) is 6.16 Å². The van der Waals surface area contributed by atoms with Gasteiger partial charge in [0.05, 0.1) is 6.16 Å². The predicted molar refractivity (Wildman–Crippen MR) is 133 cm³/mol. The molecule has 0 aliphatic rings. The van der Waals surface area contributed by atoms with Gasteiger partial charge >= 0.3 is 7.60 Å². The van der Waals surface area contributed by atoms with Crippen LogP contribution in [0.15, 0.2) is 36.4 Å². The van der Waals surface area contributed by atoms with Gasteiger partial charge in [-0.2, -0.15) is 0 Å². The van der Waals surface area contributed by atoms with Gasteiger partial charge in [-0.1, -0.05) is 84.6 Å². The average Bonchev–Trinajstić information content (AvgIpc) is 2.73. The number of hydrogen-bond donors (Lipinski definition) is 0. The number of rotatable bonds is 14. The molecule has 0 aliphatic carbocycles. The molecule has 0 radical (unpaired) electrons. The van der Waals surface area contributed by atoms with Gasteiger partial charge in [-0.3, -0.25) is 0 Å². The summed E-state index contributed by atoms with van der Waals surface area (Å²) in [5.74, 6) is 1.46. The molecule has 0 unspecified atom stereocenters. The lowest BCUT2D eigenvalue weighted by Gasteiger charge is -2.24. The van der Waals surface area contributed by atoms with E-state index >= 15 is 0 Å². The van der Waals surface area contributed by atoms with Crippen LogP contribution in [0.5, 0.6) is 11.5 Å². The lowest BCUT2D eigenvalue weighted by atomic mass is 9.99. The third-order valence-corrected chi connectivity index (χ3v) is 7.42. The molecule has 0 saturated carbocycles. The molecule has 2 rings (SSSR count). The molecule has 31 heavy (non-hydrogen) atoms. The van der Waals surface area contributed by atoms with Crippen molar-refractivity contribution < 1.29 is 13.6 Å². The fraction of sp³-hybridized carbons (Fsp3) is 0.556. The van der Waals surface area contributed by atoms with Gasteiger partial charge in [0, 0.05) is 0 Å². The van der Waals surface area contributed by atoms with Gasteiger partial charge in [-0.05, 0) is 66.5 Å². The van der Waals surface area contributed by atoms with E-state index in [1.54, 1.807) is 0 Å². The molecule has 0 aromatic heterocycles. The minimum absolute atomic E-state index is 0.403. The monoisotopic (exact) mass is 444 g/mol. The van der Waals surface area contributed by atoms with Crippen molar-refractivity contribution in [2.45, 2.75) is 92.4 Å². The quantitative estimate of drug-likeness (QED) is 0.274. The van der Waals surface area contributed by atoms with Crippen LogP contribution in [-0.2, 0) is 30.2 Å². The Morgan fingerprint density at radius 1 is 0.613 bits per heavy atom. The first-order valence-corrected chi connectivity index (χ1v) is 13.9. The summed E-state index contributed by atoms with van der Waals surface area (Å²) in [4.78, 5) is 0. The normalized spacial score (nSPS) is 11.5. The van der Waals surface area contributed by atoms with E-state index in [1.807, 2.05) is 31.2 Å². The Morgan fingerprint density at radius 3 is 1.39 bits per heavy atom. The lowest BCUT2D eigenvalue weighted by molar-refractivity contribution is 0.381. The molecule has 3 nitrogen and oxygen atoms in total. The fourth-order valence-corrected chi connectivity index (χ4v) is 5.86. The molecular weight excluding hydrogens is 403 g/mol. The summed E-state index contributed by atoms with van der Waals surface area (Å²) in [7, 11) is -3.34. The molecule has 0 heterocycles. The topological polar surface area (TPSA) is 35.5 Å². The van der Waals surface area contributed by atoms with Crippen LogP contribution in [0, 0.1) is 0 Å². The zero-order chi connectivity index (χ0) is 22.7. The summed E-state index contributed by atoms with van der Waals surface area (Å²) in [5.41, 5.74) is 4.95. The summed E-state index contributed by atoms with van der Waals surface area (Å²) < 4.78 is 26.5. The van der Waals surface area contributed by atoms with E-state index in [9.17, 15) is 4.57 Å². The van der Waals surface area contributed by atoms with Gasteiger partial charge in [-0.25, -0.2) is 4.57 Å². The second-order valence-electron chi connectivity index (χ2n) is 8.30. The van der Waals surface area contributed by atoms with Gasteiger partial charge < -0.3 is 9.05 Å². The highest BCUT2D eigenvalue weighted by Crippen LogP contribution is 2.51. The van der Waals surface area contributed by atoms with E-state index in [-0.39, 0.29) is 0 Å². The standard InChI is InChI=1S/C27H41O3P/c1-6-13-22-17-11-19-26(24(22)15-8-3)29-31(28,21-10-5)30-27-20-12-18-23(14-7-2)25(27)16-9-4/h11-12,17-20H,6-10,13-16,21H2,1-5H3. The molecule has 0 atom stereocenters. The van der Waals surface area contributed by atoms with Crippen molar-refractivity contribution in [1.82, 2.24) is 0 Å². The summed E-state index contributed by atoms with van der Waals surface area (Å²) in [6, 6.07) is 12.3. The van der Waals surface area contributed by atoms with E-state index in [1.165, 1.54) is 22.3 Å². The van der Waals surface area contributed by atoms with E-state index in [0.717, 1.165) is 69.3 Å². The maximum Gasteiger partial charge on any atom is 0.430 e. The van der Waals surface area contributed by atoms with Crippen molar-refractivity contribution in [3.63, 3.8) is 0 Å². The molecule has 0 spiro atoms. The third kappa shape index (κ3) is 7.14. The highest BCUT2D eigenvalue weighted by atomic mass is 31.2. The van der Waals surface area contributed by atoms with E-state index in [4.69, 9.17) is 9.05 Å². The average molecular weight is 445 g/mol. The van der Waals surface area contributed by atoms with Gasteiger partial charge in [0.2, 0.25) is 0 Å². The molecule has 2 aromatic rings. The third-order valence-electron chi connectivity index (χ3n) is 5.47. The van der Waals surface area contributed by atoms with Crippen LogP contribution in [-0.4, -0.2) is 6.16 Å². The lowest BCUT2D eigenvalue weighted by Crippen LogP contribution is -2.09. The summed E-state index contributed by atoms with van der Waals surface area (Å²) in [6.45, 7) is 10.7. The van der Waals surface area contributed by atoms with Gasteiger partial charge in [-0.15, -0.1) is 0 Å². The molecule has 0 bridgehead atoms. The molecule has 0 amide bonds. The molecule has 0 aliphatic heterocycles. The van der Waals surface area contributed by atoms with E-state index < -0.39 is 7.60 Å². The summed E-state index contributed by atoms with van der Waals surface area (Å²) in [5, 5.41) is 0. The summed E-state index contributed by atoms with van der Waals surface area (Å²) in [6.07, 6.45) is 9.20. The van der Waals surface area contributed by atoms with E-state index in [0.29, 0.717) is 6.16 Å². The minimum Gasteiger partial charge on any atom is -0.416 e. The van der Waals surface area contributed by atoms with Crippen LogP contribution in [0.25, 0.3) is 0 Å². The smallest absolute Gasteiger partial charge is 0.416 e. The van der Waals surface area contributed by atoms with Crippen molar-refractivity contribution in [3.05, 3.63) is 58.7 Å². The molecular formula is C27H41O3P. The Kier molecular flexibility index (Phi) is 10.7. The second kappa shape index (κ2) is 13.0. The molecule has 0 N–H and O–H groups in total. The van der Waals surface area contributed by atoms with Crippen molar-refractivity contribution in [2.24, 2.45) is 0 Å². The van der Waals surface area contributed by atoms with Gasteiger partial charge in [0.25, 0.3) is 0 Å². The van der Waals surface area contributed by atoms with Crippen molar-refractivity contribution in [3.8, 4) is 11.5 Å². The zero-order valence-electron chi connectivity index (χ0n) is 20.2. The zero-order valence-corrected chi connectivity index (χ0v) is 21.1. The Morgan fingerprint density at radius 2 is 1.03 bits per heavy atom. The van der Waals surface area contributed by atoms with Crippen LogP contribution in [0.1, 0.15) is 89.0 Å². The second-order valence-corrected chi connectivity index (χ2v) is 10.3. The van der Waals surface area contributed by atoms with Crippen molar-refractivity contribution >= 4 is 7.60 Å².